The first-order valence-electron chi connectivity index (χ1n) is 3.33. The summed E-state index contributed by atoms with van der Waals surface area (Å²) in [6, 6.07) is 3.67. The van der Waals surface area contributed by atoms with Gasteiger partial charge in [0.15, 0.2) is 0 Å². The second kappa shape index (κ2) is 10.2. The molecule has 5 heteroatoms. The third kappa shape index (κ3) is 66.6. The highest BCUT2D eigenvalue weighted by Gasteiger charge is 1.65. The molecule has 1 rings (SSSR count). The van der Waals surface area contributed by atoms with E-state index in [-0.39, 0.29) is 0 Å². The zero-order chi connectivity index (χ0) is 10.7. The second-order valence-electron chi connectivity index (χ2n) is 1.83. The fourth-order valence-electron chi connectivity index (χ4n) is 0.227. The van der Waals surface area contributed by atoms with Crippen molar-refractivity contribution in [1.29, 1.82) is 0 Å². The standard InChI is InChI=1S/C4H4O.2C2H4O2/c1-2-4-5-3-1;2*1-2(3)4/h1-4H;2*1H3,(H,3,4). The van der Waals surface area contributed by atoms with Gasteiger partial charge in [0.05, 0.1) is 12.5 Å². The molecule has 0 aliphatic heterocycles. The number of hydrogen-bond donors (Lipinski definition) is 2. The summed E-state index contributed by atoms with van der Waals surface area (Å²) in [5.41, 5.74) is 0. The van der Waals surface area contributed by atoms with E-state index in [0.29, 0.717) is 0 Å². The lowest BCUT2D eigenvalue weighted by Gasteiger charge is -1.59. The Kier molecular flexibility index (Phi) is 10.8. The summed E-state index contributed by atoms with van der Waals surface area (Å²) in [4.78, 5) is 18.0. The van der Waals surface area contributed by atoms with Gasteiger partial charge < -0.3 is 14.6 Å². The maximum Gasteiger partial charge on any atom is 0.300 e. The van der Waals surface area contributed by atoms with Crippen LogP contribution in [0.15, 0.2) is 29.1 Å². The predicted molar refractivity (Wildman–Crippen MR) is 45.3 cm³/mol. The molecule has 0 fully saturated rings. The fraction of sp³-hybridized carbons (Fsp3) is 0.250. The van der Waals surface area contributed by atoms with Gasteiger partial charge in [-0.2, -0.15) is 0 Å². The Labute approximate surface area is 75.6 Å². The van der Waals surface area contributed by atoms with Crippen molar-refractivity contribution >= 4 is 11.9 Å². The number of carboxylic acids is 2. The zero-order valence-corrected chi connectivity index (χ0v) is 7.43. The Hall–Kier alpha value is -1.78. The number of rotatable bonds is 0. The largest absolute Gasteiger partial charge is 0.481 e. The van der Waals surface area contributed by atoms with Gasteiger partial charge in [-0.05, 0) is 12.1 Å². The summed E-state index contributed by atoms with van der Waals surface area (Å²) in [6.07, 6.45) is 3.25. The van der Waals surface area contributed by atoms with E-state index in [0.717, 1.165) is 13.8 Å². The van der Waals surface area contributed by atoms with Crippen LogP contribution in [0.2, 0.25) is 0 Å². The van der Waals surface area contributed by atoms with Crippen LogP contribution in [0.1, 0.15) is 13.8 Å². The molecular weight excluding hydrogens is 176 g/mol. The molecule has 0 saturated heterocycles. The second-order valence-corrected chi connectivity index (χ2v) is 1.83. The smallest absolute Gasteiger partial charge is 0.300 e. The van der Waals surface area contributed by atoms with E-state index >= 15 is 0 Å². The van der Waals surface area contributed by atoms with Crippen LogP contribution in [0.4, 0.5) is 0 Å². The topological polar surface area (TPSA) is 87.7 Å². The first-order valence-corrected chi connectivity index (χ1v) is 3.33. The zero-order valence-electron chi connectivity index (χ0n) is 7.43. The molecule has 1 aromatic heterocycles. The van der Waals surface area contributed by atoms with Crippen molar-refractivity contribution < 1.29 is 24.2 Å². The molecule has 2 N–H and O–H groups in total. The normalized spacial score (nSPS) is 6.92. The Balaban J connectivity index is 0. The van der Waals surface area contributed by atoms with Gasteiger partial charge in [0.2, 0.25) is 0 Å². The van der Waals surface area contributed by atoms with Crippen LogP contribution in [-0.4, -0.2) is 22.2 Å². The van der Waals surface area contributed by atoms with Gasteiger partial charge in [0, 0.05) is 13.8 Å². The van der Waals surface area contributed by atoms with Gasteiger partial charge in [-0.25, -0.2) is 0 Å². The van der Waals surface area contributed by atoms with Crippen molar-refractivity contribution in [2.24, 2.45) is 0 Å². The lowest BCUT2D eigenvalue weighted by molar-refractivity contribution is -0.135. The van der Waals surface area contributed by atoms with Crippen LogP contribution < -0.4 is 0 Å². The van der Waals surface area contributed by atoms with Crippen molar-refractivity contribution in [3.05, 3.63) is 24.7 Å². The van der Waals surface area contributed by atoms with Crippen molar-refractivity contribution in [3.63, 3.8) is 0 Å². The minimum absolute atomic E-state index is 0.833. The highest BCUT2D eigenvalue weighted by Crippen LogP contribution is 1.79. The van der Waals surface area contributed by atoms with E-state index in [1.54, 1.807) is 12.5 Å². The summed E-state index contributed by atoms with van der Waals surface area (Å²) in [5, 5.41) is 14.8. The van der Waals surface area contributed by atoms with Gasteiger partial charge in [-0.15, -0.1) is 0 Å². The van der Waals surface area contributed by atoms with Crippen LogP contribution in [0.3, 0.4) is 0 Å². The monoisotopic (exact) mass is 188 g/mol. The Morgan fingerprint density at radius 1 is 1.00 bits per heavy atom. The Morgan fingerprint density at radius 3 is 1.31 bits per heavy atom. The van der Waals surface area contributed by atoms with Gasteiger partial charge >= 0.3 is 0 Å². The van der Waals surface area contributed by atoms with Gasteiger partial charge in [0.1, 0.15) is 0 Å². The van der Waals surface area contributed by atoms with Gasteiger partial charge in [-0.1, -0.05) is 0 Å². The van der Waals surface area contributed by atoms with E-state index in [2.05, 4.69) is 4.42 Å². The number of furan rings is 1. The highest BCUT2D eigenvalue weighted by atomic mass is 16.4. The van der Waals surface area contributed by atoms with Gasteiger partial charge in [-0.3, -0.25) is 9.59 Å². The summed E-state index contributed by atoms with van der Waals surface area (Å²) in [5.74, 6) is -1.67. The van der Waals surface area contributed by atoms with Crippen LogP contribution in [0.5, 0.6) is 0 Å². The lowest BCUT2D eigenvalue weighted by atomic mass is 10.7. The maximum atomic E-state index is 9.00. The molecule has 5 nitrogen and oxygen atoms in total. The summed E-state index contributed by atoms with van der Waals surface area (Å²) < 4.78 is 4.58. The molecule has 0 unspecified atom stereocenters. The van der Waals surface area contributed by atoms with Crippen LogP contribution in [0, 0.1) is 0 Å². The average Bonchev–Trinajstić information content (AvgIpc) is 2.35. The summed E-state index contributed by atoms with van der Waals surface area (Å²) in [6.45, 7) is 2.17. The number of carboxylic acid groups (broad SMARTS) is 2. The molecule has 74 valence electrons. The molecule has 0 amide bonds. The number of aliphatic carboxylic acids is 2. The predicted octanol–water partition coefficient (Wildman–Crippen LogP) is 1.46. The number of carbonyl (C=O) groups is 2. The maximum absolute atomic E-state index is 9.00. The molecule has 0 aliphatic carbocycles. The van der Waals surface area contributed by atoms with Gasteiger partial charge in [0.25, 0.3) is 11.9 Å². The number of hydrogen-bond acceptors (Lipinski definition) is 3. The molecule has 0 atom stereocenters. The Morgan fingerprint density at radius 2 is 1.23 bits per heavy atom. The molecule has 0 aliphatic rings. The average molecular weight is 188 g/mol. The lowest BCUT2D eigenvalue weighted by Crippen LogP contribution is -1.78. The van der Waals surface area contributed by atoms with Crippen LogP contribution in [-0.2, 0) is 9.59 Å². The van der Waals surface area contributed by atoms with Crippen molar-refractivity contribution in [1.82, 2.24) is 0 Å². The van der Waals surface area contributed by atoms with Crippen molar-refractivity contribution in [3.8, 4) is 0 Å². The van der Waals surface area contributed by atoms with E-state index in [1.165, 1.54) is 0 Å². The molecule has 0 spiro atoms. The molecule has 0 radical (unpaired) electrons. The molecule has 1 heterocycles. The quantitative estimate of drug-likeness (QED) is 0.643. The van der Waals surface area contributed by atoms with E-state index in [9.17, 15) is 0 Å². The summed E-state index contributed by atoms with van der Waals surface area (Å²) in [7, 11) is 0. The first kappa shape index (κ1) is 13.8. The molecular formula is C8H12O5. The molecule has 0 saturated carbocycles. The summed E-state index contributed by atoms with van der Waals surface area (Å²) >= 11 is 0. The minimum atomic E-state index is -0.833. The Bertz CT molecular complexity index is 177. The first-order chi connectivity index (χ1) is 5.96. The molecule has 0 aromatic carbocycles. The third-order valence-electron chi connectivity index (χ3n) is 0.425. The van der Waals surface area contributed by atoms with Crippen LogP contribution >= 0.6 is 0 Å². The molecule has 13 heavy (non-hydrogen) atoms. The minimum Gasteiger partial charge on any atom is -0.481 e. The SMILES string of the molecule is CC(=O)O.CC(=O)O.c1ccoc1. The van der Waals surface area contributed by atoms with Crippen LogP contribution in [0.25, 0.3) is 0 Å². The van der Waals surface area contributed by atoms with Crippen molar-refractivity contribution in [2.75, 3.05) is 0 Å². The van der Waals surface area contributed by atoms with E-state index in [4.69, 9.17) is 19.8 Å². The van der Waals surface area contributed by atoms with E-state index < -0.39 is 11.9 Å². The van der Waals surface area contributed by atoms with E-state index in [1.807, 2.05) is 12.1 Å². The fourth-order valence-corrected chi connectivity index (χ4v) is 0.227. The third-order valence-corrected chi connectivity index (χ3v) is 0.425. The molecule has 0 bridgehead atoms. The molecule has 1 aromatic rings. The highest BCUT2D eigenvalue weighted by molar-refractivity contribution is 5.63. The van der Waals surface area contributed by atoms with Crippen molar-refractivity contribution in [2.45, 2.75) is 13.8 Å².